The molecule has 1 heterocycles. The Kier molecular flexibility index (Phi) is 32.1. The molecule has 368 valence electrons. The van der Waals surface area contributed by atoms with Crippen molar-refractivity contribution < 1.29 is 67.8 Å². The van der Waals surface area contributed by atoms with E-state index in [1.807, 2.05) is 18.2 Å². The molecule has 2 fully saturated rings. The van der Waals surface area contributed by atoms with Crippen LogP contribution in [0.15, 0.2) is 60.8 Å². The maximum absolute atomic E-state index is 12.8. The first-order valence-electron chi connectivity index (χ1n) is 24.2. The predicted molar refractivity (Wildman–Crippen MR) is 248 cm³/mol. The summed E-state index contributed by atoms with van der Waals surface area (Å²) in [5.41, 5.74) is 0. The minimum atomic E-state index is -5.14. The van der Waals surface area contributed by atoms with E-state index in [1.165, 1.54) is 64.2 Å². The number of hydrogen-bond donors (Lipinski definition) is 6. The van der Waals surface area contributed by atoms with Crippen LogP contribution in [0.25, 0.3) is 0 Å². The van der Waals surface area contributed by atoms with Crippen LogP contribution < -0.4 is 0 Å². The van der Waals surface area contributed by atoms with Gasteiger partial charge in [-0.25, -0.2) is 4.57 Å². The van der Waals surface area contributed by atoms with E-state index in [4.69, 9.17) is 23.3 Å². The lowest BCUT2D eigenvalue weighted by Crippen LogP contribution is -2.64. The Morgan fingerprint density at radius 1 is 0.562 bits per heavy atom. The average molecular weight is 927 g/mol. The highest BCUT2D eigenvalue weighted by Crippen LogP contribution is 2.47. The maximum atomic E-state index is 12.8. The lowest BCUT2D eigenvalue weighted by Gasteiger charge is -2.41. The van der Waals surface area contributed by atoms with Gasteiger partial charge in [-0.15, -0.1) is 0 Å². The molecule has 0 amide bonds. The van der Waals surface area contributed by atoms with E-state index in [0.717, 1.165) is 57.8 Å². The fourth-order valence-corrected chi connectivity index (χ4v) is 8.27. The van der Waals surface area contributed by atoms with Crippen molar-refractivity contribution in [2.24, 2.45) is 0 Å². The van der Waals surface area contributed by atoms with E-state index in [1.54, 1.807) is 0 Å². The van der Waals surface area contributed by atoms with Crippen molar-refractivity contribution in [1.82, 2.24) is 0 Å². The molecule has 0 radical (unpaired) electrons. The number of carbonyl (C=O) groups is 2. The van der Waals surface area contributed by atoms with Crippen LogP contribution in [0.3, 0.4) is 0 Å². The highest BCUT2D eigenvalue weighted by atomic mass is 31.2. The van der Waals surface area contributed by atoms with Crippen LogP contribution in [0.5, 0.6) is 0 Å². The molecule has 0 spiro atoms. The standard InChI is InChI=1S/C49H83O14P/c1-3-5-7-8-9-10-11-12-13-14-19-22-25-28-32-36-43(51)61-39(38-60-64(57,58)63-49-47(55)45(53)44(52)46(54)48(49)56)37-59-42(50)35-31-27-24-21-18-16-15-17-20-23-26-30-34-41-40(62-41)33-29-6-4-2/h6,16-18,20,24,26-27,29-30,39-41,44-49,52-56H,3-5,7-15,19,21-23,25,28,31-38H2,1-2H3,(H,57,58)/b18-16-,20-17-,27-24-,29-6-,30-26-/t39-,40?,41?,44?,45-,46+,47-,48-,49?/m1/s1. The van der Waals surface area contributed by atoms with Crippen molar-refractivity contribution >= 4 is 19.8 Å². The number of hydrogen-bond acceptors (Lipinski definition) is 13. The number of ether oxygens (including phenoxy) is 3. The van der Waals surface area contributed by atoms with Crippen LogP contribution >= 0.6 is 7.82 Å². The number of allylic oxidation sites excluding steroid dienone is 8. The first kappa shape index (κ1) is 57.6. The van der Waals surface area contributed by atoms with Crippen LogP contribution in [0.4, 0.5) is 0 Å². The molecule has 1 saturated carbocycles. The van der Waals surface area contributed by atoms with Crippen molar-refractivity contribution in [2.45, 2.75) is 223 Å². The second-order valence-corrected chi connectivity index (χ2v) is 18.4. The second-order valence-electron chi connectivity index (χ2n) is 17.0. The number of esters is 2. The minimum absolute atomic E-state index is 0.0378. The van der Waals surface area contributed by atoms with Crippen LogP contribution in [-0.2, 0) is 37.4 Å². The smallest absolute Gasteiger partial charge is 0.462 e. The summed E-state index contributed by atoms with van der Waals surface area (Å²) in [4.78, 5) is 35.7. The molecular weight excluding hydrogens is 843 g/mol. The summed E-state index contributed by atoms with van der Waals surface area (Å²) in [6.45, 7) is 3.12. The number of aliphatic hydroxyl groups excluding tert-OH is 5. The van der Waals surface area contributed by atoms with Crippen LogP contribution in [-0.4, -0.2) is 111 Å². The van der Waals surface area contributed by atoms with Crippen molar-refractivity contribution in [3.63, 3.8) is 0 Å². The summed E-state index contributed by atoms with van der Waals surface area (Å²) in [7, 11) is -5.14. The first-order chi connectivity index (χ1) is 30.9. The van der Waals surface area contributed by atoms with Gasteiger partial charge in [0.25, 0.3) is 0 Å². The van der Waals surface area contributed by atoms with E-state index in [-0.39, 0.29) is 12.8 Å². The van der Waals surface area contributed by atoms with Gasteiger partial charge in [0, 0.05) is 12.8 Å². The topological polar surface area (TPSA) is 222 Å². The van der Waals surface area contributed by atoms with Gasteiger partial charge >= 0.3 is 19.8 Å². The van der Waals surface area contributed by atoms with Gasteiger partial charge in [-0.05, 0) is 51.4 Å². The zero-order valence-corrected chi connectivity index (χ0v) is 39.6. The lowest BCUT2D eigenvalue weighted by atomic mass is 9.85. The summed E-state index contributed by atoms with van der Waals surface area (Å²) < 4.78 is 39.2. The third-order valence-electron chi connectivity index (χ3n) is 11.3. The Balaban J connectivity index is 1.71. The normalized spacial score (nSPS) is 25.2. The molecule has 10 atom stereocenters. The van der Waals surface area contributed by atoms with E-state index < -0.39 is 75.7 Å². The number of carbonyl (C=O) groups excluding carboxylic acids is 2. The highest BCUT2D eigenvalue weighted by molar-refractivity contribution is 7.47. The fraction of sp³-hybridized carbons (Fsp3) is 0.755. The summed E-state index contributed by atoms with van der Waals surface area (Å²) in [5.74, 6) is -1.20. The van der Waals surface area contributed by atoms with Gasteiger partial charge < -0.3 is 44.6 Å². The van der Waals surface area contributed by atoms with Crippen LogP contribution in [0.1, 0.15) is 168 Å². The third-order valence-corrected chi connectivity index (χ3v) is 12.3. The predicted octanol–water partition coefficient (Wildman–Crippen LogP) is 8.71. The molecule has 64 heavy (non-hydrogen) atoms. The number of aliphatic hydroxyl groups is 5. The molecule has 2 rings (SSSR count). The SMILES string of the molecule is CC/C=C\CC1OC1C/C=C\C/C=C\C/C=C\C/C=C\CCC(=O)OC[C@H](COP(=O)(O)OC1[C@H](O)[C@H](O)C(O)[C@H](O)[C@H]1O)OC(=O)CCCCCCCCCCCCCCCCC. The highest BCUT2D eigenvalue weighted by Gasteiger charge is 2.51. The molecule has 0 aromatic carbocycles. The maximum Gasteiger partial charge on any atom is 0.472 e. The number of rotatable bonds is 38. The third kappa shape index (κ3) is 27.2. The molecule has 0 aromatic rings. The van der Waals surface area contributed by atoms with Gasteiger partial charge in [0.2, 0.25) is 0 Å². The van der Waals surface area contributed by atoms with Gasteiger partial charge in [-0.1, -0.05) is 164 Å². The van der Waals surface area contributed by atoms with Crippen molar-refractivity contribution in [3.05, 3.63) is 60.8 Å². The zero-order chi connectivity index (χ0) is 46.8. The Morgan fingerprint density at radius 2 is 1.02 bits per heavy atom. The number of epoxide rings is 1. The molecule has 2 aliphatic rings. The summed E-state index contributed by atoms with van der Waals surface area (Å²) in [6, 6.07) is 0. The van der Waals surface area contributed by atoms with Gasteiger partial charge in [0.15, 0.2) is 6.10 Å². The largest absolute Gasteiger partial charge is 0.472 e. The fourth-order valence-electron chi connectivity index (χ4n) is 7.30. The Hall–Kier alpha value is -2.49. The van der Waals surface area contributed by atoms with Gasteiger partial charge in [-0.2, -0.15) is 0 Å². The van der Waals surface area contributed by atoms with Gasteiger partial charge in [0.1, 0.15) is 43.2 Å². The summed E-state index contributed by atoms with van der Waals surface area (Å²) in [6.07, 6.45) is 31.8. The number of phosphoric ester groups is 1. The Bertz CT molecular complexity index is 1420. The summed E-state index contributed by atoms with van der Waals surface area (Å²) >= 11 is 0. The Morgan fingerprint density at radius 3 is 1.53 bits per heavy atom. The van der Waals surface area contributed by atoms with Crippen LogP contribution in [0.2, 0.25) is 0 Å². The van der Waals surface area contributed by atoms with E-state index in [2.05, 4.69) is 56.4 Å². The molecule has 14 nitrogen and oxygen atoms in total. The quantitative estimate of drug-likeness (QED) is 0.0112. The second kappa shape index (κ2) is 35.7. The van der Waals surface area contributed by atoms with E-state index >= 15 is 0 Å². The van der Waals surface area contributed by atoms with Gasteiger partial charge in [-0.3, -0.25) is 18.6 Å². The molecule has 0 aromatic heterocycles. The molecule has 5 unspecified atom stereocenters. The van der Waals surface area contributed by atoms with Crippen molar-refractivity contribution in [2.75, 3.05) is 13.2 Å². The van der Waals surface area contributed by atoms with E-state index in [9.17, 15) is 44.6 Å². The first-order valence-corrected chi connectivity index (χ1v) is 25.7. The van der Waals surface area contributed by atoms with Crippen LogP contribution in [0, 0.1) is 0 Å². The van der Waals surface area contributed by atoms with Crippen molar-refractivity contribution in [3.8, 4) is 0 Å². The molecule has 1 aliphatic heterocycles. The average Bonchev–Trinajstić information content (AvgIpc) is 4.03. The lowest BCUT2D eigenvalue weighted by molar-refractivity contribution is -0.220. The van der Waals surface area contributed by atoms with E-state index in [0.29, 0.717) is 31.5 Å². The summed E-state index contributed by atoms with van der Waals surface area (Å²) in [5, 5.41) is 50.2. The van der Waals surface area contributed by atoms with Crippen molar-refractivity contribution in [1.29, 1.82) is 0 Å². The molecule has 6 N–H and O–H groups in total. The number of unbranched alkanes of at least 4 members (excludes halogenated alkanes) is 14. The molecular formula is C49H83O14P. The molecule has 1 saturated heterocycles. The minimum Gasteiger partial charge on any atom is -0.462 e. The number of phosphoric acid groups is 1. The monoisotopic (exact) mass is 927 g/mol. The molecule has 0 bridgehead atoms. The Labute approximate surface area is 383 Å². The molecule has 1 aliphatic carbocycles. The zero-order valence-electron chi connectivity index (χ0n) is 38.8. The van der Waals surface area contributed by atoms with Gasteiger partial charge in [0.05, 0.1) is 18.8 Å². The molecule has 15 heteroatoms.